The van der Waals surface area contributed by atoms with Crippen LogP contribution in [0.1, 0.15) is 43.5 Å². The molecule has 0 amide bonds. The van der Waals surface area contributed by atoms with Crippen LogP contribution >= 0.6 is 11.8 Å². The van der Waals surface area contributed by atoms with E-state index in [0.717, 1.165) is 50.3 Å². The quantitative estimate of drug-likeness (QED) is 0.624. The summed E-state index contributed by atoms with van der Waals surface area (Å²) in [7, 11) is 0. The number of nitrogens with two attached hydrogens (primary N) is 2. The van der Waals surface area contributed by atoms with E-state index in [9.17, 15) is 13.2 Å². The fraction of sp³-hybridized carbons (Fsp3) is 0.522. The Morgan fingerprint density at radius 2 is 1.91 bits per heavy atom. The van der Waals surface area contributed by atoms with Gasteiger partial charge >= 0.3 is 6.18 Å². The zero-order valence-electron chi connectivity index (χ0n) is 18.4. The van der Waals surface area contributed by atoms with E-state index < -0.39 is 11.9 Å². The number of hydrogen-bond donors (Lipinski definition) is 2. The molecule has 4 N–H and O–H groups in total. The highest BCUT2D eigenvalue weighted by atomic mass is 32.2. The molecule has 0 bridgehead atoms. The van der Waals surface area contributed by atoms with Gasteiger partial charge in [-0.3, -0.25) is 4.98 Å². The Hall–Kier alpha value is -2.33. The highest BCUT2D eigenvalue weighted by molar-refractivity contribution is 7.99. The van der Waals surface area contributed by atoms with Crippen molar-refractivity contribution >= 4 is 23.4 Å². The molecule has 0 aromatic carbocycles. The zero-order valence-corrected chi connectivity index (χ0v) is 19.2. The van der Waals surface area contributed by atoms with Gasteiger partial charge in [0.2, 0.25) is 0 Å². The fourth-order valence-electron chi connectivity index (χ4n) is 5.11. The molecule has 0 radical (unpaired) electrons. The number of piperidine rings is 1. The molecule has 1 aliphatic heterocycles. The molecule has 2 aromatic heterocycles. The minimum atomic E-state index is -4.56. The summed E-state index contributed by atoms with van der Waals surface area (Å²) in [4.78, 5) is 14.7. The number of anilines is 2. The van der Waals surface area contributed by atoms with Crippen molar-refractivity contribution in [3.05, 3.63) is 41.4 Å². The van der Waals surface area contributed by atoms with Gasteiger partial charge in [-0.1, -0.05) is 23.4 Å². The number of alkyl halides is 3. The van der Waals surface area contributed by atoms with E-state index in [1.807, 2.05) is 6.92 Å². The first-order valence-corrected chi connectivity index (χ1v) is 12.0. The Morgan fingerprint density at radius 1 is 1.18 bits per heavy atom. The molecule has 2 aromatic rings. The molecule has 1 saturated carbocycles. The average molecular weight is 477 g/mol. The molecule has 3 heterocycles. The molecular formula is C23H27F3N6S. The molecule has 2 aliphatic carbocycles. The second-order valence-corrected chi connectivity index (χ2v) is 10.3. The lowest BCUT2D eigenvalue weighted by molar-refractivity contribution is -0.143. The van der Waals surface area contributed by atoms with Gasteiger partial charge in [-0.05, 0) is 62.5 Å². The molecule has 2 fully saturated rings. The number of rotatable bonds is 4. The maximum atomic E-state index is 13.3. The monoisotopic (exact) mass is 476 g/mol. The minimum Gasteiger partial charge on any atom is -0.381 e. The number of halogens is 3. The average Bonchev–Trinajstić information content (AvgIpc) is 3.57. The standard InChI is InChI=1S/C23H27F3N6S/c1-13-20(32-11-8-22(9-12-32)7-6-15(17(22)27)14-4-5-14)31-19(28)21(30-13)33-16-3-2-10-29-18(16)23(24,25)26/h2-3,6,10,14,17H,4-5,7-9,11-12,27H2,1H3,(H2,28,31)/t17-/m1/s1. The molecule has 33 heavy (non-hydrogen) atoms. The largest absolute Gasteiger partial charge is 0.434 e. The van der Waals surface area contributed by atoms with Crippen LogP contribution in [0.25, 0.3) is 0 Å². The van der Waals surface area contributed by atoms with Crippen molar-refractivity contribution in [1.82, 2.24) is 15.0 Å². The summed E-state index contributed by atoms with van der Waals surface area (Å²) in [5.41, 5.74) is 14.1. The van der Waals surface area contributed by atoms with Crippen LogP contribution in [0.5, 0.6) is 0 Å². The van der Waals surface area contributed by atoms with Gasteiger partial charge in [0.05, 0.1) is 5.69 Å². The SMILES string of the molecule is Cc1nc(Sc2cccnc2C(F)(F)F)c(N)nc1N1CCC2(CC=C(C3CC3)[C@H]2N)CC1. The molecule has 3 aliphatic rings. The van der Waals surface area contributed by atoms with E-state index in [4.69, 9.17) is 11.5 Å². The number of nitrogen functional groups attached to an aromatic ring is 1. The van der Waals surface area contributed by atoms with E-state index in [1.165, 1.54) is 30.5 Å². The summed E-state index contributed by atoms with van der Waals surface area (Å²) in [6.07, 6.45) is 4.47. The van der Waals surface area contributed by atoms with Crippen LogP contribution in [0.4, 0.5) is 24.8 Å². The van der Waals surface area contributed by atoms with Crippen LogP contribution < -0.4 is 16.4 Å². The third-order valence-electron chi connectivity index (χ3n) is 7.15. The van der Waals surface area contributed by atoms with Crippen LogP contribution in [0.15, 0.2) is 39.9 Å². The Labute approximate surface area is 195 Å². The molecule has 1 spiro atoms. The van der Waals surface area contributed by atoms with Crippen molar-refractivity contribution in [2.75, 3.05) is 23.7 Å². The maximum Gasteiger partial charge on any atom is 0.434 e. The van der Waals surface area contributed by atoms with Crippen LogP contribution in [-0.2, 0) is 6.18 Å². The molecule has 1 saturated heterocycles. The number of aromatic nitrogens is 3. The first kappa shape index (κ1) is 22.5. The van der Waals surface area contributed by atoms with Gasteiger partial charge in [0.25, 0.3) is 0 Å². The predicted octanol–water partition coefficient (Wildman–Crippen LogP) is 4.59. The highest BCUT2D eigenvalue weighted by Gasteiger charge is 2.47. The molecule has 0 unspecified atom stereocenters. The van der Waals surface area contributed by atoms with Crippen molar-refractivity contribution in [3.8, 4) is 0 Å². The Balaban J connectivity index is 1.31. The predicted molar refractivity (Wildman–Crippen MR) is 122 cm³/mol. The summed E-state index contributed by atoms with van der Waals surface area (Å²) in [5, 5.41) is 0.249. The second kappa shape index (κ2) is 8.16. The van der Waals surface area contributed by atoms with Gasteiger partial charge in [-0.15, -0.1) is 0 Å². The van der Waals surface area contributed by atoms with Gasteiger partial charge in [0, 0.05) is 30.2 Å². The van der Waals surface area contributed by atoms with Crippen LogP contribution in [-0.4, -0.2) is 34.1 Å². The first-order valence-electron chi connectivity index (χ1n) is 11.2. The molecule has 6 nitrogen and oxygen atoms in total. The third-order valence-corrected chi connectivity index (χ3v) is 8.20. The highest BCUT2D eigenvalue weighted by Crippen LogP contribution is 2.52. The normalized spacial score (nSPS) is 22.6. The lowest BCUT2D eigenvalue weighted by Crippen LogP contribution is -2.48. The van der Waals surface area contributed by atoms with Crippen molar-refractivity contribution in [3.63, 3.8) is 0 Å². The van der Waals surface area contributed by atoms with Gasteiger partial charge in [-0.2, -0.15) is 13.2 Å². The number of hydrogen-bond acceptors (Lipinski definition) is 7. The van der Waals surface area contributed by atoms with Crippen molar-refractivity contribution in [2.24, 2.45) is 17.1 Å². The van der Waals surface area contributed by atoms with Gasteiger partial charge < -0.3 is 16.4 Å². The molecule has 176 valence electrons. The van der Waals surface area contributed by atoms with Gasteiger partial charge in [0.1, 0.15) is 5.03 Å². The van der Waals surface area contributed by atoms with Crippen molar-refractivity contribution < 1.29 is 13.2 Å². The number of pyridine rings is 1. The van der Waals surface area contributed by atoms with E-state index in [0.29, 0.717) is 17.4 Å². The number of aryl methyl sites for hydroxylation is 1. The van der Waals surface area contributed by atoms with E-state index in [1.54, 1.807) is 0 Å². The summed E-state index contributed by atoms with van der Waals surface area (Å²) in [6, 6.07) is 2.97. The fourth-order valence-corrected chi connectivity index (χ4v) is 6.06. The summed E-state index contributed by atoms with van der Waals surface area (Å²) in [6.45, 7) is 3.43. The lowest BCUT2D eigenvalue weighted by Gasteiger charge is -2.43. The van der Waals surface area contributed by atoms with E-state index >= 15 is 0 Å². The van der Waals surface area contributed by atoms with E-state index in [-0.39, 0.29) is 27.2 Å². The first-order chi connectivity index (χ1) is 15.7. The van der Waals surface area contributed by atoms with Crippen molar-refractivity contribution in [1.29, 1.82) is 0 Å². The van der Waals surface area contributed by atoms with Crippen molar-refractivity contribution in [2.45, 2.75) is 61.2 Å². The zero-order chi connectivity index (χ0) is 23.4. The molecule has 1 atom stereocenters. The summed E-state index contributed by atoms with van der Waals surface area (Å²) >= 11 is 0.839. The Bertz CT molecular complexity index is 1090. The van der Waals surface area contributed by atoms with Gasteiger partial charge in [-0.25, -0.2) is 9.97 Å². The minimum absolute atomic E-state index is 0.0488. The molecular weight excluding hydrogens is 449 g/mol. The number of allylic oxidation sites excluding steroid dienone is 1. The summed E-state index contributed by atoms with van der Waals surface area (Å²) in [5.74, 6) is 1.51. The maximum absolute atomic E-state index is 13.3. The van der Waals surface area contributed by atoms with E-state index in [2.05, 4.69) is 25.9 Å². The van der Waals surface area contributed by atoms with Crippen LogP contribution in [0.3, 0.4) is 0 Å². The number of nitrogens with zero attached hydrogens (tertiary/aromatic N) is 4. The smallest absolute Gasteiger partial charge is 0.381 e. The van der Waals surface area contributed by atoms with Crippen LogP contribution in [0.2, 0.25) is 0 Å². The topological polar surface area (TPSA) is 93.9 Å². The summed E-state index contributed by atoms with van der Waals surface area (Å²) < 4.78 is 39.9. The van der Waals surface area contributed by atoms with Gasteiger partial charge in [0.15, 0.2) is 17.3 Å². The molecule has 10 heteroatoms. The van der Waals surface area contributed by atoms with Crippen LogP contribution in [0, 0.1) is 18.3 Å². The Morgan fingerprint density at radius 3 is 2.58 bits per heavy atom. The second-order valence-electron chi connectivity index (χ2n) is 9.28. The Kier molecular flexibility index (Phi) is 5.55. The third kappa shape index (κ3) is 4.19. The lowest BCUT2D eigenvalue weighted by atomic mass is 9.72. The molecule has 5 rings (SSSR count).